The smallest absolute Gasteiger partial charge is 0.251 e. The first-order valence-corrected chi connectivity index (χ1v) is 13.3. The minimum atomic E-state index is -0.494. The summed E-state index contributed by atoms with van der Waals surface area (Å²) in [6.45, 7) is 2.74. The van der Waals surface area contributed by atoms with E-state index < -0.39 is 6.04 Å². The van der Waals surface area contributed by atoms with Crippen molar-refractivity contribution in [2.45, 2.75) is 44.2 Å². The molecule has 7 nitrogen and oxygen atoms in total. The molecule has 0 unspecified atom stereocenters. The fourth-order valence-electron chi connectivity index (χ4n) is 4.61. The van der Waals surface area contributed by atoms with E-state index in [1.165, 1.54) is 12.8 Å². The zero-order valence-electron chi connectivity index (χ0n) is 19.0. The van der Waals surface area contributed by atoms with Crippen LogP contribution in [0, 0.1) is 0 Å². The first-order chi connectivity index (χ1) is 16.1. The molecule has 3 heterocycles. The SMILES string of the molecule is N[C@@H](Cc1cccs1)C(=O)N1CCN(c2nc3ccc(C(=O)NC4CCCC4)cc3s2)CC1.S. The number of nitrogens with one attached hydrogen (secondary N) is 1. The molecule has 2 aliphatic rings. The summed E-state index contributed by atoms with van der Waals surface area (Å²) in [5, 5.41) is 6.10. The highest BCUT2D eigenvalue weighted by atomic mass is 32.1. The van der Waals surface area contributed by atoms with Crippen LogP contribution in [0.1, 0.15) is 40.9 Å². The number of rotatable bonds is 6. The maximum absolute atomic E-state index is 12.8. The summed E-state index contributed by atoms with van der Waals surface area (Å²) in [4.78, 5) is 35.4. The maximum atomic E-state index is 12.8. The van der Waals surface area contributed by atoms with E-state index in [2.05, 4.69) is 10.2 Å². The number of hydrogen-bond acceptors (Lipinski definition) is 7. The van der Waals surface area contributed by atoms with Crippen LogP contribution in [0.15, 0.2) is 35.7 Å². The lowest BCUT2D eigenvalue weighted by molar-refractivity contribution is -0.132. The first kappa shape index (κ1) is 25.0. The molecule has 0 spiro atoms. The standard InChI is InChI=1S/C24H29N5O2S2.H2S/c25-19(15-18-6-3-13-32-18)23(31)28-9-11-29(12-10-28)24-27-20-8-7-16(14-21(20)33-24)22(30)26-17-4-1-2-5-17;/h3,6-8,13-14,17,19H,1-2,4-5,9-12,15,25H2,(H,26,30);1H2/t19-;/m0./s1. The lowest BCUT2D eigenvalue weighted by Gasteiger charge is -2.35. The molecule has 1 saturated carbocycles. The maximum Gasteiger partial charge on any atom is 0.251 e. The van der Waals surface area contributed by atoms with E-state index in [0.29, 0.717) is 31.1 Å². The molecule has 34 heavy (non-hydrogen) atoms. The Morgan fingerprint density at radius 1 is 1.15 bits per heavy atom. The molecule has 3 N–H and O–H groups in total. The van der Waals surface area contributed by atoms with Gasteiger partial charge in [0.2, 0.25) is 5.91 Å². The summed E-state index contributed by atoms with van der Waals surface area (Å²) >= 11 is 3.24. The number of amides is 2. The quantitative estimate of drug-likeness (QED) is 0.523. The third-order valence-corrected chi connectivity index (χ3v) is 8.49. The Kier molecular flexibility index (Phi) is 8.13. The van der Waals surface area contributed by atoms with Gasteiger partial charge in [0.25, 0.3) is 5.91 Å². The molecule has 0 radical (unpaired) electrons. The Morgan fingerprint density at radius 3 is 2.62 bits per heavy atom. The van der Waals surface area contributed by atoms with Crippen molar-refractivity contribution in [3.8, 4) is 0 Å². The molecule has 1 aliphatic carbocycles. The van der Waals surface area contributed by atoms with E-state index in [0.717, 1.165) is 46.2 Å². The monoisotopic (exact) mass is 517 g/mol. The number of carbonyl (C=O) groups excluding carboxylic acids is 2. The fraction of sp³-hybridized carbons (Fsp3) is 0.458. The average Bonchev–Trinajstić information content (AvgIpc) is 3.60. The molecular formula is C24H31N5O2S3. The molecular weight excluding hydrogens is 486 g/mol. The van der Waals surface area contributed by atoms with Crippen LogP contribution in [0.2, 0.25) is 0 Å². The predicted molar refractivity (Wildman–Crippen MR) is 145 cm³/mol. The summed E-state index contributed by atoms with van der Waals surface area (Å²) in [6, 6.07) is 9.56. The molecule has 0 bridgehead atoms. The molecule has 1 aromatic carbocycles. The number of aromatic nitrogens is 1. The second kappa shape index (κ2) is 11.1. The largest absolute Gasteiger partial charge is 0.349 e. The summed E-state index contributed by atoms with van der Waals surface area (Å²) in [5.74, 6) is 0.0232. The van der Waals surface area contributed by atoms with E-state index in [4.69, 9.17) is 10.7 Å². The van der Waals surface area contributed by atoms with Crippen molar-refractivity contribution in [2.75, 3.05) is 31.1 Å². The lowest BCUT2D eigenvalue weighted by Crippen LogP contribution is -2.53. The molecule has 2 fully saturated rings. The number of piperazine rings is 1. The molecule has 182 valence electrons. The van der Waals surface area contributed by atoms with Gasteiger partial charge in [0.15, 0.2) is 5.13 Å². The highest BCUT2D eigenvalue weighted by Crippen LogP contribution is 2.30. The number of hydrogen-bond donors (Lipinski definition) is 2. The Morgan fingerprint density at radius 2 is 1.91 bits per heavy atom. The van der Waals surface area contributed by atoms with Crippen LogP contribution in [-0.2, 0) is 11.2 Å². The molecule has 2 amide bonds. The van der Waals surface area contributed by atoms with Gasteiger partial charge in [-0.3, -0.25) is 9.59 Å². The van der Waals surface area contributed by atoms with E-state index in [1.54, 1.807) is 22.7 Å². The number of thiazole rings is 1. The zero-order valence-corrected chi connectivity index (χ0v) is 21.7. The molecule has 2 aromatic heterocycles. The van der Waals surface area contributed by atoms with Crippen LogP contribution in [0.25, 0.3) is 10.2 Å². The fourth-order valence-corrected chi connectivity index (χ4v) is 6.43. The molecule has 3 aromatic rings. The van der Waals surface area contributed by atoms with Gasteiger partial charge in [0.1, 0.15) is 0 Å². The minimum absolute atomic E-state index is 0. The van der Waals surface area contributed by atoms with Gasteiger partial charge in [0.05, 0.1) is 16.3 Å². The van der Waals surface area contributed by atoms with Crippen molar-refractivity contribution in [1.29, 1.82) is 0 Å². The minimum Gasteiger partial charge on any atom is -0.349 e. The van der Waals surface area contributed by atoms with Crippen LogP contribution in [0.5, 0.6) is 0 Å². The van der Waals surface area contributed by atoms with Gasteiger partial charge in [0, 0.05) is 49.1 Å². The second-order valence-electron chi connectivity index (χ2n) is 8.84. The summed E-state index contributed by atoms with van der Waals surface area (Å²) in [6.07, 6.45) is 5.13. The van der Waals surface area contributed by atoms with Crippen LogP contribution in [0.4, 0.5) is 5.13 Å². The molecule has 1 atom stereocenters. The van der Waals surface area contributed by atoms with Gasteiger partial charge in [-0.25, -0.2) is 4.98 Å². The van der Waals surface area contributed by atoms with Gasteiger partial charge >= 0.3 is 0 Å². The number of anilines is 1. The van der Waals surface area contributed by atoms with Crippen molar-refractivity contribution >= 4 is 63.3 Å². The van der Waals surface area contributed by atoms with E-state index in [-0.39, 0.29) is 25.3 Å². The Labute approximate surface area is 214 Å². The van der Waals surface area contributed by atoms with E-state index >= 15 is 0 Å². The average molecular weight is 518 g/mol. The summed E-state index contributed by atoms with van der Waals surface area (Å²) in [5.41, 5.74) is 7.79. The van der Waals surface area contributed by atoms with Crippen LogP contribution < -0.4 is 16.0 Å². The summed E-state index contributed by atoms with van der Waals surface area (Å²) < 4.78 is 1.01. The van der Waals surface area contributed by atoms with Gasteiger partial charge < -0.3 is 20.9 Å². The number of benzene rings is 1. The Bertz CT molecular complexity index is 1120. The van der Waals surface area contributed by atoms with Crippen LogP contribution >= 0.6 is 36.2 Å². The number of carbonyl (C=O) groups is 2. The molecule has 10 heteroatoms. The Balaban J connectivity index is 0.00000274. The Hall–Kier alpha value is -2.14. The predicted octanol–water partition coefficient (Wildman–Crippen LogP) is 3.36. The highest BCUT2D eigenvalue weighted by Gasteiger charge is 2.27. The van der Waals surface area contributed by atoms with Gasteiger partial charge in [-0.15, -0.1) is 11.3 Å². The van der Waals surface area contributed by atoms with Gasteiger partial charge in [-0.05, 0) is 42.5 Å². The number of thiophene rings is 1. The molecule has 1 aliphatic heterocycles. The second-order valence-corrected chi connectivity index (χ2v) is 10.9. The van der Waals surface area contributed by atoms with Gasteiger partial charge in [-0.2, -0.15) is 13.5 Å². The van der Waals surface area contributed by atoms with Crippen molar-refractivity contribution in [2.24, 2.45) is 5.73 Å². The van der Waals surface area contributed by atoms with Crippen molar-refractivity contribution < 1.29 is 9.59 Å². The van der Waals surface area contributed by atoms with Crippen molar-refractivity contribution in [3.05, 3.63) is 46.2 Å². The highest BCUT2D eigenvalue weighted by molar-refractivity contribution is 7.59. The van der Waals surface area contributed by atoms with Crippen LogP contribution in [0.3, 0.4) is 0 Å². The topological polar surface area (TPSA) is 91.6 Å². The normalized spacial score (nSPS) is 17.6. The van der Waals surface area contributed by atoms with Crippen molar-refractivity contribution in [1.82, 2.24) is 15.2 Å². The first-order valence-electron chi connectivity index (χ1n) is 11.6. The lowest BCUT2D eigenvalue weighted by atomic mass is 10.1. The third kappa shape index (κ3) is 5.56. The molecule has 1 saturated heterocycles. The molecule has 5 rings (SSSR count). The number of nitrogens with two attached hydrogens (primary N) is 1. The third-order valence-electron chi connectivity index (χ3n) is 6.51. The van der Waals surface area contributed by atoms with Crippen molar-refractivity contribution in [3.63, 3.8) is 0 Å². The number of fused-ring (bicyclic) bond motifs is 1. The van der Waals surface area contributed by atoms with E-state index in [9.17, 15) is 9.59 Å². The van der Waals surface area contributed by atoms with Gasteiger partial charge in [-0.1, -0.05) is 30.2 Å². The zero-order chi connectivity index (χ0) is 22.8. The number of nitrogens with zero attached hydrogens (tertiary/aromatic N) is 3. The summed E-state index contributed by atoms with van der Waals surface area (Å²) in [7, 11) is 0. The van der Waals surface area contributed by atoms with E-state index in [1.807, 2.05) is 40.6 Å². The van der Waals surface area contributed by atoms with Crippen LogP contribution in [-0.4, -0.2) is 60.0 Å².